The molecule has 0 unspecified atom stereocenters. The molecule has 0 bridgehead atoms. The van der Waals surface area contributed by atoms with E-state index in [1.807, 2.05) is 30.3 Å². The lowest BCUT2D eigenvalue weighted by molar-refractivity contribution is -0.121. The monoisotopic (exact) mass is 453 g/mol. The van der Waals surface area contributed by atoms with Crippen LogP contribution >= 0.6 is 0 Å². The first-order valence-corrected chi connectivity index (χ1v) is 12.5. The molecule has 2 rings (SSSR count). The lowest BCUT2D eigenvalue weighted by Crippen LogP contribution is -2.28. The molecule has 0 spiro atoms. The van der Waals surface area contributed by atoms with Gasteiger partial charge in [-0.15, -0.1) is 0 Å². The summed E-state index contributed by atoms with van der Waals surface area (Å²) in [5.74, 6) is 1.86. The molecular formula is C29H43NO3. The molecule has 2 aromatic carbocycles. The number of rotatable bonds is 14. The molecule has 0 heterocycles. The van der Waals surface area contributed by atoms with Gasteiger partial charge in [0.1, 0.15) is 22.7 Å². The van der Waals surface area contributed by atoms with Crippen LogP contribution in [0.5, 0.6) is 11.5 Å². The van der Waals surface area contributed by atoms with E-state index in [9.17, 15) is 4.79 Å². The highest BCUT2D eigenvalue weighted by Crippen LogP contribution is 2.32. The van der Waals surface area contributed by atoms with Crippen LogP contribution in [0.4, 0.5) is 0 Å². The van der Waals surface area contributed by atoms with Crippen molar-refractivity contribution in [2.24, 2.45) is 0 Å². The van der Waals surface area contributed by atoms with E-state index in [0.717, 1.165) is 50.0 Å². The zero-order chi connectivity index (χ0) is 24.3. The second-order valence-corrected chi connectivity index (χ2v) is 9.99. The molecular weight excluding hydrogens is 410 g/mol. The Kier molecular flexibility index (Phi) is 10.3. The first kappa shape index (κ1) is 26.8. The Bertz CT molecular complexity index is 858. The second kappa shape index (κ2) is 12.7. The fourth-order valence-electron chi connectivity index (χ4n) is 3.32. The highest BCUT2D eigenvalue weighted by molar-refractivity contribution is 5.76. The zero-order valence-electron chi connectivity index (χ0n) is 21.5. The largest absolute Gasteiger partial charge is 0.488 e. The number of hydrogen-bond donors (Lipinski definition) is 1. The summed E-state index contributed by atoms with van der Waals surface area (Å²) in [6, 6.07) is 16.3. The van der Waals surface area contributed by atoms with Gasteiger partial charge in [-0.05, 0) is 83.4 Å². The van der Waals surface area contributed by atoms with Crippen LogP contribution in [0.1, 0.15) is 84.8 Å². The van der Waals surface area contributed by atoms with Gasteiger partial charge in [0.25, 0.3) is 0 Å². The molecule has 2 aromatic rings. The van der Waals surface area contributed by atoms with E-state index in [1.165, 1.54) is 11.1 Å². The third-order valence-electron chi connectivity index (χ3n) is 6.20. The van der Waals surface area contributed by atoms with Gasteiger partial charge >= 0.3 is 0 Å². The third kappa shape index (κ3) is 9.89. The molecule has 0 fully saturated rings. The number of benzene rings is 2. The fraction of sp³-hybridized carbons (Fsp3) is 0.552. The smallest absolute Gasteiger partial charge is 0.220 e. The Morgan fingerprint density at radius 3 is 2.18 bits per heavy atom. The molecule has 0 aromatic heterocycles. The summed E-state index contributed by atoms with van der Waals surface area (Å²) in [6.45, 7) is 13.4. The molecule has 4 heteroatoms. The number of hydrogen-bond acceptors (Lipinski definition) is 3. The fourth-order valence-corrected chi connectivity index (χ4v) is 3.32. The molecule has 0 atom stereocenters. The number of carbonyl (C=O) groups excluding carboxylic acids is 1. The van der Waals surface area contributed by atoms with Gasteiger partial charge in [-0.3, -0.25) is 4.79 Å². The van der Waals surface area contributed by atoms with Crippen molar-refractivity contribution < 1.29 is 14.3 Å². The van der Waals surface area contributed by atoms with E-state index < -0.39 is 0 Å². The van der Waals surface area contributed by atoms with E-state index in [-0.39, 0.29) is 17.1 Å². The second-order valence-electron chi connectivity index (χ2n) is 9.99. The van der Waals surface area contributed by atoms with Crippen LogP contribution in [0, 0.1) is 0 Å². The van der Waals surface area contributed by atoms with E-state index >= 15 is 0 Å². The standard InChI is InChI=1S/C29H43NO3/c1-7-28(3,4)32-25-19-18-24(26(22-25)33-29(5,6)8-2)16-12-13-21-30-27(31)20-17-23-14-10-9-11-15-23/h9-11,14-15,18-19,22H,7-8,12-13,16-17,20-21H2,1-6H3,(H,30,31). The summed E-state index contributed by atoms with van der Waals surface area (Å²) in [6.07, 6.45) is 6.01. The molecule has 0 aliphatic rings. The van der Waals surface area contributed by atoms with Gasteiger partial charge in [-0.1, -0.05) is 50.2 Å². The molecule has 0 aliphatic heterocycles. The summed E-state index contributed by atoms with van der Waals surface area (Å²) in [7, 11) is 0. The van der Waals surface area contributed by atoms with Crippen LogP contribution in [0.25, 0.3) is 0 Å². The number of aryl methyl sites for hydroxylation is 2. The number of ether oxygens (including phenoxy) is 2. The lowest BCUT2D eigenvalue weighted by atomic mass is 10.0. The number of nitrogens with one attached hydrogen (secondary N) is 1. The van der Waals surface area contributed by atoms with Crippen molar-refractivity contribution in [1.82, 2.24) is 5.32 Å². The van der Waals surface area contributed by atoms with Gasteiger partial charge in [0.05, 0.1) is 0 Å². The SMILES string of the molecule is CCC(C)(C)Oc1ccc(CCCCNC(=O)CCc2ccccc2)c(OC(C)(C)CC)c1. The van der Waals surface area contributed by atoms with Crippen molar-refractivity contribution in [2.75, 3.05) is 6.54 Å². The van der Waals surface area contributed by atoms with Gasteiger partial charge in [-0.2, -0.15) is 0 Å². The first-order valence-electron chi connectivity index (χ1n) is 12.5. The minimum absolute atomic E-state index is 0.118. The lowest BCUT2D eigenvalue weighted by Gasteiger charge is -2.29. The number of amides is 1. The Labute approximate surface area is 201 Å². The molecule has 0 saturated carbocycles. The summed E-state index contributed by atoms with van der Waals surface area (Å²) in [4.78, 5) is 12.1. The molecule has 33 heavy (non-hydrogen) atoms. The maximum atomic E-state index is 12.1. The summed E-state index contributed by atoms with van der Waals surface area (Å²) < 4.78 is 12.6. The molecule has 0 saturated heterocycles. The Morgan fingerprint density at radius 1 is 0.848 bits per heavy atom. The summed E-state index contributed by atoms with van der Waals surface area (Å²) >= 11 is 0. The Hall–Kier alpha value is -2.49. The maximum absolute atomic E-state index is 12.1. The molecule has 1 amide bonds. The van der Waals surface area contributed by atoms with Gasteiger partial charge in [-0.25, -0.2) is 0 Å². The van der Waals surface area contributed by atoms with E-state index in [2.05, 4.69) is 65.1 Å². The van der Waals surface area contributed by atoms with Crippen molar-refractivity contribution in [1.29, 1.82) is 0 Å². The average Bonchev–Trinajstić information content (AvgIpc) is 2.79. The number of carbonyl (C=O) groups is 1. The molecule has 1 N–H and O–H groups in total. The predicted octanol–water partition coefficient (Wildman–Crippen LogP) is 6.89. The van der Waals surface area contributed by atoms with Crippen LogP contribution in [-0.4, -0.2) is 23.7 Å². The maximum Gasteiger partial charge on any atom is 0.220 e. The van der Waals surface area contributed by atoms with Crippen molar-refractivity contribution in [3.8, 4) is 11.5 Å². The predicted molar refractivity (Wildman–Crippen MR) is 137 cm³/mol. The molecule has 4 nitrogen and oxygen atoms in total. The highest BCUT2D eigenvalue weighted by Gasteiger charge is 2.21. The summed E-state index contributed by atoms with van der Waals surface area (Å²) in [5.41, 5.74) is 1.94. The molecule has 182 valence electrons. The topological polar surface area (TPSA) is 47.6 Å². The normalized spacial score (nSPS) is 11.8. The van der Waals surface area contributed by atoms with Crippen LogP contribution < -0.4 is 14.8 Å². The van der Waals surface area contributed by atoms with Crippen LogP contribution in [0.15, 0.2) is 48.5 Å². The average molecular weight is 454 g/mol. The minimum atomic E-state index is -0.236. The van der Waals surface area contributed by atoms with Gasteiger partial charge in [0, 0.05) is 19.0 Å². The Balaban J connectivity index is 1.86. The quantitative estimate of drug-likeness (QED) is 0.317. The van der Waals surface area contributed by atoms with Crippen LogP contribution in [0.3, 0.4) is 0 Å². The first-order chi connectivity index (χ1) is 15.6. The molecule has 0 radical (unpaired) electrons. The molecule has 0 aliphatic carbocycles. The van der Waals surface area contributed by atoms with Gasteiger partial charge in [0.2, 0.25) is 5.91 Å². The number of unbranched alkanes of at least 4 members (excludes halogenated alkanes) is 1. The van der Waals surface area contributed by atoms with E-state index in [0.29, 0.717) is 13.0 Å². The van der Waals surface area contributed by atoms with Gasteiger partial charge < -0.3 is 14.8 Å². The summed E-state index contributed by atoms with van der Waals surface area (Å²) in [5, 5.41) is 3.05. The Morgan fingerprint density at radius 2 is 1.52 bits per heavy atom. The van der Waals surface area contributed by atoms with Gasteiger partial charge in [0.15, 0.2) is 0 Å². The van der Waals surface area contributed by atoms with Crippen LogP contribution in [0.2, 0.25) is 0 Å². The van der Waals surface area contributed by atoms with Crippen molar-refractivity contribution >= 4 is 5.91 Å². The van der Waals surface area contributed by atoms with Crippen LogP contribution in [-0.2, 0) is 17.6 Å². The van der Waals surface area contributed by atoms with E-state index in [4.69, 9.17) is 9.47 Å². The van der Waals surface area contributed by atoms with Crippen molar-refractivity contribution in [2.45, 2.75) is 97.7 Å². The zero-order valence-corrected chi connectivity index (χ0v) is 21.5. The minimum Gasteiger partial charge on any atom is -0.488 e. The highest BCUT2D eigenvalue weighted by atomic mass is 16.5. The third-order valence-corrected chi connectivity index (χ3v) is 6.20. The van der Waals surface area contributed by atoms with Crippen molar-refractivity contribution in [3.63, 3.8) is 0 Å². The van der Waals surface area contributed by atoms with E-state index in [1.54, 1.807) is 0 Å². The van der Waals surface area contributed by atoms with Crippen molar-refractivity contribution in [3.05, 3.63) is 59.7 Å².